The van der Waals surface area contributed by atoms with Gasteiger partial charge in [-0.3, -0.25) is 19.3 Å². The van der Waals surface area contributed by atoms with Crippen molar-refractivity contribution in [2.45, 2.75) is 64.0 Å². The first kappa shape index (κ1) is 18.2. The average Bonchev–Trinajstić information content (AvgIpc) is 2.96. The number of benzene rings is 1. The highest BCUT2D eigenvalue weighted by atomic mass is 16.2. The maximum absolute atomic E-state index is 13.1. The van der Waals surface area contributed by atoms with E-state index in [0.717, 1.165) is 19.4 Å². The van der Waals surface area contributed by atoms with Gasteiger partial charge in [0.2, 0.25) is 11.8 Å². The average molecular weight is 369 g/mol. The Kier molecular flexibility index (Phi) is 5.00. The number of carbonyl (C=O) groups is 3. The van der Waals surface area contributed by atoms with E-state index in [-0.39, 0.29) is 30.2 Å². The van der Waals surface area contributed by atoms with Crippen molar-refractivity contribution in [3.8, 4) is 0 Å². The second-order valence-electron chi connectivity index (χ2n) is 8.01. The van der Waals surface area contributed by atoms with Crippen LogP contribution >= 0.6 is 0 Å². The van der Waals surface area contributed by atoms with E-state index in [1.54, 1.807) is 24.3 Å². The number of nitrogens with zero attached hydrogens (tertiary/aromatic N) is 2. The number of fused-ring (bicyclic) bond motifs is 1. The Morgan fingerprint density at radius 3 is 2.48 bits per heavy atom. The lowest BCUT2D eigenvalue weighted by Gasteiger charge is -2.46. The van der Waals surface area contributed by atoms with Gasteiger partial charge in [-0.1, -0.05) is 12.8 Å². The predicted octanol–water partition coefficient (Wildman–Crippen LogP) is 2.93. The molecule has 4 rings (SSSR count). The molecular weight excluding hydrogens is 342 g/mol. The molecule has 3 atom stereocenters. The molecule has 1 N–H and O–H groups in total. The van der Waals surface area contributed by atoms with E-state index in [1.807, 2.05) is 0 Å². The minimum absolute atomic E-state index is 0.0986. The molecule has 3 aliphatic rings. The molecule has 3 amide bonds. The van der Waals surface area contributed by atoms with Gasteiger partial charge in [0.25, 0.3) is 5.91 Å². The van der Waals surface area contributed by atoms with Crippen molar-refractivity contribution in [2.75, 3.05) is 16.8 Å². The molecule has 3 fully saturated rings. The van der Waals surface area contributed by atoms with E-state index in [1.165, 1.54) is 37.5 Å². The quantitative estimate of drug-likeness (QED) is 0.832. The third-order valence-electron chi connectivity index (χ3n) is 6.26. The fraction of sp³-hybridized carbons (Fsp3) is 0.571. The molecule has 2 heterocycles. The fourth-order valence-corrected chi connectivity index (χ4v) is 5.09. The molecule has 6 nitrogen and oxygen atoms in total. The van der Waals surface area contributed by atoms with Crippen LogP contribution in [-0.4, -0.2) is 41.2 Å². The van der Waals surface area contributed by atoms with Crippen LogP contribution in [0.3, 0.4) is 0 Å². The van der Waals surface area contributed by atoms with Crippen LogP contribution in [0.25, 0.3) is 0 Å². The Labute approximate surface area is 159 Å². The van der Waals surface area contributed by atoms with Gasteiger partial charge in [-0.2, -0.15) is 0 Å². The fourth-order valence-electron chi connectivity index (χ4n) is 5.09. The highest BCUT2D eigenvalue weighted by Gasteiger charge is 2.47. The van der Waals surface area contributed by atoms with Crippen LogP contribution in [-0.2, 0) is 14.4 Å². The molecular formula is C21H27N3O3. The third kappa shape index (κ3) is 3.50. The van der Waals surface area contributed by atoms with Crippen LogP contribution in [0.2, 0.25) is 0 Å². The summed E-state index contributed by atoms with van der Waals surface area (Å²) < 4.78 is 0. The van der Waals surface area contributed by atoms with Gasteiger partial charge in [0.15, 0.2) is 0 Å². The van der Waals surface area contributed by atoms with Gasteiger partial charge in [-0.25, -0.2) is 4.90 Å². The van der Waals surface area contributed by atoms with Crippen molar-refractivity contribution in [1.82, 2.24) is 4.90 Å². The molecule has 2 aliphatic heterocycles. The molecule has 2 saturated heterocycles. The van der Waals surface area contributed by atoms with Crippen LogP contribution in [0, 0.1) is 5.92 Å². The molecule has 0 aromatic heterocycles. The van der Waals surface area contributed by atoms with E-state index in [4.69, 9.17) is 0 Å². The standard InChI is InChI=1S/C21H27N3O3/c1-14(25)22-16-8-10-17(11-9-16)24-20(26)13-19(21(24)27)23-12-4-6-15-5-2-3-7-18(15)23/h8-11,15,18-19H,2-7,12-13H2,1H3,(H,22,25)/t15-,18-,19+/m0/s1. The first-order valence-electron chi connectivity index (χ1n) is 10.0. The SMILES string of the molecule is CC(=O)Nc1ccc(N2C(=O)C[C@@H](N3CCC[C@@H]4CCCC[C@@H]43)C2=O)cc1. The van der Waals surface area contributed by atoms with E-state index in [2.05, 4.69) is 10.2 Å². The van der Waals surface area contributed by atoms with Gasteiger partial charge in [-0.05, 0) is 62.4 Å². The minimum atomic E-state index is -0.321. The number of likely N-dealkylation sites (tertiary alicyclic amines) is 1. The van der Waals surface area contributed by atoms with E-state index >= 15 is 0 Å². The van der Waals surface area contributed by atoms with Crippen molar-refractivity contribution in [2.24, 2.45) is 5.92 Å². The van der Waals surface area contributed by atoms with Gasteiger partial charge in [-0.15, -0.1) is 0 Å². The Bertz CT molecular complexity index is 744. The molecule has 1 aromatic carbocycles. The smallest absolute Gasteiger partial charge is 0.251 e. The summed E-state index contributed by atoms with van der Waals surface area (Å²) in [5, 5.41) is 2.70. The Hall–Kier alpha value is -2.21. The summed E-state index contributed by atoms with van der Waals surface area (Å²) in [6, 6.07) is 7.03. The van der Waals surface area contributed by atoms with Crippen molar-refractivity contribution < 1.29 is 14.4 Å². The highest BCUT2D eigenvalue weighted by Crippen LogP contribution is 2.38. The maximum Gasteiger partial charge on any atom is 0.251 e. The van der Waals surface area contributed by atoms with Gasteiger partial charge >= 0.3 is 0 Å². The molecule has 0 bridgehead atoms. The number of piperidine rings is 1. The number of anilines is 2. The number of amides is 3. The predicted molar refractivity (Wildman–Crippen MR) is 103 cm³/mol. The number of hydrogen-bond donors (Lipinski definition) is 1. The maximum atomic E-state index is 13.1. The third-order valence-corrected chi connectivity index (χ3v) is 6.26. The van der Waals surface area contributed by atoms with Crippen molar-refractivity contribution in [3.63, 3.8) is 0 Å². The van der Waals surface area contributed by atoms with Crippen LogP contribution in [0.1, 0.15) is 51.9 Å². The molecule has 1 aromatic rings. The second-order valence-corrected chi connectivity index (χ2v) is 8.01. The summed E-state index contributed by atoms with van der Waals surface area (Å²) in [5.74, 6) is 0.304. The summed E-state index contributed by atoms with van der Waals surface area (Å²) in [7, 11) is 0. The highest BCUT2D eigenvalue weighted by molar-refractivity contribution is 6.22. The lowest BCUT2D eigenvalue weighted by Crippen LogP contribution is -2.54. The molecule has 0 spiro atoms. The van der Waals surface area contributed by atoms with E-state index in [9.17, 15) is 14.4 Å². The second kappa shape index (κ2) is 7.43. The van der Waals surface area contributed by atoms with Gasteiger partial charge in [0.1, 0.15) is 0 Å². The van der Waals surface area contributed by atoms with Crippen LogP contribution in [0.15, 0.2) is 24.3 Å². The molecule has 1 saturated carbocycles. The van der Waals surface area contributed by atoms with Gasteiger partial charge in [0.05, 0.1) is 18.2 Å². The summed E-state index contributed by atoms with van der Waals surface area (Å²) in [6.07, 6.45) is 7.56. The van der Waals surface area contributed by atoms with E-state index in [0.29, 0.717) is 23.3 Å². The summed E-state index contributed by atoms with van der Waals surface area (Å²) in [4.78, 5) is 40.6. The molecule has 6 heteroatoms. The molecule has 1 aliphatic carbocycles. The van der Waals surface area contributed by atoms with Gasteiger partial charge in [0, 0.05) is 18.7 Å². The number of rotatable bonds is 3. The zero-order valence-electron chi connectivity index (χ0n) is 15.8. The molecule has 0 radical (unpaired) electrons. The van der Waals surface area contributed by atoms with Crippen molar-refractivity contribution in [1.29, 1.82) is 0 Å². The van der Waals surface area contributed by atoms with Crippen molar-refractivity contribution >= 4 is 29.1 Å². The summed E-state index contributed by atoms with van der Waals surface area (Å²) in [5.41, 5.74) is 1.24. The van der Waals surface area contributed by atoms with Crippen LogP contribution < -0.4 is 10.2 Å². The van der Waals surface area contributed by atoms with Gasteiger partial charge < -0.3 is 5.32 Å². The van der Waals surface area contributed by atoms with Crippen LogP contribution in [0.5, 0.6) is 0 Å². The monoisotopic (exact) mass is 369 g/mol. The summed E-state index contributed by atoms with van der Waals surface area (Å²) >= 11 is 0. The number of nitrogens with one attached hydrogen (secondary N) is 1. The topological polar surface area (TPSA) is 69.7 Å². The summed E-state index contributed by atoms with van der Waals surface area (Å²) in [6.45, 7) is 2.36. The Morgan fingerprint density at radius 1 is 1.04 bits per heavy atom. The lowest BCUT2D eigenvalue weighted by atomic mass is 9.77. The zero-order chi connectivity index (χ0) is 19.0. The normalized spacial score (nSPS) is 28.9. The Balaban J connectivity index is 1.52. The Morgan fingerprint density at radius 2 is 1.74 bits per heavy atom. The van der Waals surface area contributed by atoms with Crippen LogP contribution in [0.4, 0.5) is 11.4 Å². The molecule has 27 heavy (non-hydrogen) atoms. The molecule has 144 valence electrons. The lowest BCUT2D eigenvalue weighted by molar-refractivity contribution is -0.124. The molecule has 0 unspecified atom stereocenters. The number of imide groups is 1. The number of carbonyl (C=O) groups excluding carboxylic acids is 3. The number of hydrogen-bond acceptors (Lipinski definition) is 4. The van der Waals surface area contributed by atoms with E-state index < -0.39 is 0 Å². The largest absolute Gasteiger partial charge is 0.326 e. The zero-order valence-corrected chi connectivity index (χ0v) is 15.8. The first-order valence-corrected chi connectivity index (χ1v) is 10.0. The van der Waals surface area contributed by atoms with Crippen molar-refractivity contribution in [3.05, 3.63) is 24.3 Å². The first-order chi connectivity index (χ1) is 13.0. The minimum Gasteiger partial charge on any atom is -0.326 e.